The van der Waals surface area contributed by atoms with Crippen LogP contribution in [0.4, 0.5) is 5.82 Å². The average molecular weight is 268 g/mol. The van der Waals surface area contributed by atoms with Gasteiger partial charge in [-0.05, 0) is 12.1 Å². The maximum absolute atomic E-state index is 11.5. The van der Waals surface area contributed by atoms with E-state index >= 15 is 0 Å². The van der Waals surface area contributed by atoms with Gasteiger partial charge in [0, 0.05) is 19.4 Å². The topological polar surface area (TPSA) is 98.0 Å². The maximum Gasteiger partial charge on any atom is 0.223 e. The van der Waals surface area contributed by atoms with E-state index in [4.69, 9.17) is 4.52 Å². The number of hydrogen-bond donors (Lipinski definition) is 1. The van der Waals surface area contributed by atoms with Gasteiger partial charge in [0.1, 0.15) is 10.7 Å². The summed E-state index contributed by atoms with van der Waals surface area (Å²) in [5.41, 5.74) is 0. The van der Waals surface area contributed by atoms with Gasteiger partial charge in [0.15, 0.2) is 15.7 Å². The molecular formula is C10H12N4O3S. The van der Waals surface area contributed by atoms with Crippen LogP contribution in [0.5, 0.6) is 0 Å². The first kappa shape index (κ1) is 12.5. The Balaban J connectivity index is 2.20. The Morgan fingerprint density at radius 2 is 2.22 bits per heavy atom. The molecule has 0 atom stereocenters. The molecule has 2 aromatic heterocycles. The molecule has 0 amide bonds. The Kier molecular flexibility index (Phi) is 3.28. The summed E-state index contributed by atoms with van der Waals surface area (Å²) in [5.74, 6) is 1.18. The van der Waals surface area contributed by atoms with Crippen molar-refractivity contribution in [2.24, 2.45) is 0 Å². The number of aromatic nitrogens is 3. The minimum atomic E-state index is -3.32. The fraction of sp³-hybridized carbons (Fsp3) is 0.300. The number of pyridine rings is 1. The summed E-state index contributed by atoms with van der Waals surface area (Å²) in [4.78, 5) is 8.13. The third kappa shape index (κ3) is 2.83. The highest BCUT2D eigenvalue weighted by atomic mass is 32.2. The Bertz CT molecular complexity index is 651. The fourth-order valence-electron chi connectivity index (χ4n) is 1.40. The van der Waals surface area contributed by atoms with Crippen LogP contribution in [0.3, 0.4) is 0 Å². The lowest BCUT2D eigenvalue weighted by Crippen LogP contribution is -2.08. The first-order valence-electron chi connectivity index (χ1n) is 5.15. The van der Waals surface area contributed by atoms with Crippen molar-refractivity contribution in [3.63, 3.8) is 0 Å². The smallest absolute Gasteiger partial charge is 0.223 e. The van der Waals surface area contributed by atoms with Crippen molar-refractivity contribution in [2.75, 3.05) is 11.6 Å². The Morgan fingerprint density at radius 1 is 1.44 bits per heavy atom. The Labute approximate surface area is 104 Å². The second-order valence-corrected chi connectivity index (χ2v) is 5.69. The number of hydrogen-bond acceptors (Lipinski definition) is 7. The summed E-state index contributed by atoms with van der Waals surface area (Å²) >= 11 is 0. The third-order valence-electron chi connectivity index (χ3n) is 2.15. The van der Waals surface area contributed by atoms with Gasteiger partial charge in [0.05, 0.1) is 6.54 Å². The number of anilines is 1. The number of aryl methyl sites for hydroxylation is 1. The van der Waals surface area contributed by atoms with Gasteiger partial charge in [-0.1, -0.05) is 5.16 Å². The van der Waals surface area contributed by atoms with Gasteiger partial charge in [-0.15, -0.1) is 0 Å². The van der Waals surface area contributed by atoms with Crippen LogP contribution < -0.4 is 5.32 Å². The first-order chi connectivity index (χ1) is 8.47. The molecule has 0 saturated heterocycles. The second kappa shape index (κ2) is 4.73. The number of sulfone groups is 1. The highest BCUT2D eigenvalue weighted by Crippen LogP contribution is 2.17. The number of nitrogens with zero attached hydrogens (tertiary/aromatic N) is 3. The standard InChI is InChI=1S/C10H12N4O3S/c1-7-13-9(14-17-7)6-12-10-8(18(2,15)16)4-3-5-11-10/h3-5H,6H2,1-2H3,(H,11,12). The van der Waals surface area contributed by atoms with Crippen molar-refractivity contribution in [1.82, 2.24) is 15.1 Å². The molecule has 1 N–H and O–H groups in total. The molecule has 0 radical (unpaired) electrons. The lowest BCUT2D eigenvalue weighted by molar-refractivity contribution is 0.388. The van der Waals surface area contributed by atoms with E-state index in [1.54, 1.807) is 13.0 Å². The maximum atomic E-state index is 11.5. The van der Waals surface area contributed by atoms with E-state index in [0.29, 0.717) is 11.7 Å². The van der Waals surface area contributed by atoms with E-state index in [9.17, 15) is 8.42 Å². The minimum Gasteiger partial charge on any atom is -0.362 e. The van der Waals surface area contributed by atoms with Gasteiger partial charge in [-0.3, -0.25) is 0 Å². The molecule has 18 heavy (non-hydrogen) atoms. The van der Waals surface area contributed by atoms with Crippen molar-refractivity contribution in [3.8, 4) is 0 Å². The highest BCUT2D eigenvalue weighted by Gasteiger charge is 2.14. The van der Waals surface area contributed by atoms with Crippen LogP contribution >= 0.6 is 0 Å². The van der Waals surface area contributed by atoms with Crippen LogP contribution in [-0.2, 0) is 16.4 Å². The zero-order chi connectivity index (χ0) is 13.2. The van der Waals surface area contributed by atoms with Gasteiger partial charge in [-0.25, -0.2) is 13.4 Å². The summed E-state index contributed by atoms with van der Waals surface area (Å²) < 4.78 is 27.9. The molecule has 8 heteroatoms. The van der Waals surface area contributed by atoms with Crippen LogP contribution in [0.1, 0.15) is 11.7 Å². The van der Waals surface area contributed by atoms with Crippen molar-refractivity contribution < 1.29 is 12.9 Å². The Hall–Kier alpha value is -1.96. The first-order valence-corrected chi connectivity index (χ1v) is 7.04. The van der Waals surface area contributed by atoms with E-state index in [-0.39, 0.29) is 17.3 Å². The fourth-order valence-corrected chi connectivity index (χ4v) is 2.20. The molecule has 0 unspecified atom stereocenters. The summed E-state index contributed by atoms with van der Waals surface area (Å²) in [5, 5.41) is 6.57. The van der Waals surface area contributed by atoms with E-state index in [2.05, 4.69) is 20.4 Å². The van der Waals surface area contributed by atoms with Crippen molar-refractivity contribution in [2.45, 2.75) is 18.4 Å². The molecule has 0 aromatic carbocycles. The van der Waals surface area contributed by atoms with Gasteiger partial charge in [-0.2, -0.15) is 4.98 Å². The van der Waals surface area contributed by atoms with Crippen LogP contribution in [0.2, 0.25) is 0 Å². The highest BCUT2D eigenvalue weighted by molar-refractivity contribution is 7.90. The summed E-state index contributed by atoms with van der Waals surface area (Å²) in [6.07, 6.45) is 2.65. The SMILES string of the molecule is Cc1nc(CNc2ncccc2S(C)(=O)=O)no1. The summed E-state index contributed by atoms with van der Waals surface area (Å²) in [6, 6.07) is 3.06. The summed E-state index contributed by atoms with van der Waals surface area (Å²) in [6.45, 7) is 1.93. The van der Waals surface area contributed by atoms with Gasteiger partial charge in [0.25, 0.3) is 0 Å². The van der Waals surface area contributed by atoms with E-state index in [0.717, 1.165) is 6.26 Å². The van der Waals surface area contributed by atoms with Crippen LogP contribution in [0.25, 0.3) is 0 Å². The van der Waals surface area contributed by atoms with Crippen molar-refractivity contribution >= 4 is 15.7 Å². The predicted octanol–water partition coefficient (Wildman–Crippen LogP) is 0.789. The molecule has 0 saturated carbocycles. The molecule has 2 aromatic rings. The normalized spacial score (nSPS) is 11.4. The quantitative estimate of drug-likeness (QED) is 0.875. The average Bonchev–Trinajstić information content (AvgIpc) is 2.72. The largest absolute Gasteiger partial charge is 0.362 e. The minimum absolute atomic E-state index is 0.144. The molecular weight excluding hydrogens is 256 g/mol. The van der Waals surface area contributed by atoms with Crippen molar-refractivity contribution in [3.05, 3.63) is 30.0 Å². The van der Waals surface area contributed by atoms with Crippen LogP contribution in [-0.4, -0.2) is 29.8 Å². The molecule has 0 aliphatic carbocycles. The lowest BCUT2D eigenvalue weighted by Gasteiger charge is -2.07. The zero-order valence-corrected chi connectivity index (χ0v) is 10.7. The summed E-state index contributed by atoms with van der Waals surface area (Å²) in [7, 11) is -3.32. The lowest BCUT2D eigenvalue weighted by atomic mass is 10.4. The van der Waals surface area contributed by atoms with Crippen LogP contribution in [0.15, 0.2) is 27.7 Å². The van der Waals surface area contributed by atoms with E-state index in [1.165, 1.54) is 12.3 Å². The van der Waals surface area contributed by atoms with Crippen molar-refractivity contribution in [1.29, 1.82) is 0 Å². The van der Waals surface area contributed by atoms with E-state index < -0.39 is 9.84 Å². The molecule has 2 rings (SSSR count). The zero-order valence-electron chi connectivity index (χ0n) is 9.91. The van der Waals surface area contributed by atoms with Gasteiger partial charge < -0.3 is 9.84 Å². The van der Waals surface area contributed by atoms with Crippen LogP contribution in [0, 0.1) is 6.92 Å². The predicted molar refractivity (Wildman–Crippen MR) is 63.7 cm³/mol. The molecule has 0 fully saturated rings. The molecule has 2 heterocycles. The monoisotopic (exact) mass is 268 g/mol. The second-order valence-electron chi connectivity index (χ2n) is 3.71. The van der Waals surface area contributed by atoms with E-state index in [1.807, 2.05) is 0 Å². The molecule has 7 nitrogen and oxygen atoms in total. The van der Waals surface area contributed by atoms with Gasteiger partial charge in [0.2, 0.25) is 5.89 Å². The number of nitrogens with one attached hydrogen (secondary N) is 1. The molecule has 0 spiro atoms. The molecule has 96 valence electrons. The molecule has 0 aliphatic heterocycles. The Morgan fingerprint density at radius 3 is 2.83 bits per heavy atom. The molecule has 0 aliphatic rings. The molecule has 0 bridgehead atoms. The third-order valence-corrected chi connectivity index (χ3v) is 3.28. The number of rotatable bonds is 4. The van der Waals surface area contributed by atoms with Gasteiger partial charge >= 0.3 is 0 Å².